The standard InChI is InChI=1S/C11H18N4.C5H10O2/c1-8-7-15(6-5-13-8)11-4-3-10(12)9(2)14-11;1-5(2,3)7-4-6/h3-4,8,13H,5-7,12H2,1-2H3;4H,1-3H3/t8-;/m1./s1. The summed E-state index contributed by atoms with van der Waals surface area (Å²) in [5, 5.41) is 3.41. The molecule has 1 aliphatic rings. The molecule has 1 aliphatic heterocycles. The first-order valence-corrected chi connectivity index (χ1v) is 7.56. The molecule has 0 spiro atoms. The molecule has 124 valence electrons. The molecule has 6 heteroatoms. The Kier molecular flexibility index (Phi) is 6.61. The van der Waals surface area contributed by atoms with Gasteiger partial charge in [-0.1, -0.05) is 0 Å². The predicted octanol–water partition coefficient (Wildman–Crippen LogP) is 1.73. The quantitative estimate of drug-likeness (QED) is 0.810. The topological polar surface area (TPSA) is 80.5 Å². The number of piperazine rings is 1. The SMILES string of the molecule is CC(C)(C)OC=O.Cc1nc(N2CCN[C@H](C)C2)ccc1N. The van der Waals surface area contributed by atoms with Gasteiger partial charge in [-0.05, 0) is 46.8 Å². The molecule has 22 heavy (non-hydrogen) atoms. The molecule has 2 rings (SSSR count). The number of nitrogen functional groups attached to an aromatic ring is 1. The highest BCUT2D eigenvalue weighted by atomic mass is 16.5. The fourth-order valence-corrected chi connectivity index (χ4v) is 2.02. The van der Waals surface area contributed by atoms with E-state index in [4.69, 9.17) is 5.73 Å². The molecule has 3 N–H and O–H groups in total. The number of nitrogens with zero attached hydrogens (tertiary/aromatic N) is 2. The molecule has 1 atom stereocenters. The second-order valence-corrected chi connectivity index (χ2v) is 6.47. The lowest BCUT2D eigenvalue weighted by Crippen LogP contribution is -2.49. The molecule has 2 heterocycles. The smallest absolute Gasteiger partial charge is 0.293 e. The molecule has 0 aromatic carbocycles. The van der Waals surface area contributed by atoms with E-state index in [0.717, 1.165) is 36.8 Å². The maximum atomic E-state index is 9.60. The number of anilines is 2. The van der Waals surface area contributed by atoms with E-state index in [-0.39, 0.29) is 5.60 Å². The normalized spacial score (nSPS) is 18.2. The van der Waals surface area contributed by atoms with Crippen molar-refractivity contribution >= 4 is 18.0 Å². The van der Waals surface area contributed by atoms with Crippen molar-refractivity contribution in [1.82, 2.24) is 10.3 Å². The fourth-order valence-electron chi connectivity index (χ4n) is 2.02. The van der Waals surface area contributed by atoms with Gasteiger partial charge in [-0.25, -0.2) is 4.98 Å². The summed E-state index contributed by atoms with van der Waals surface area (Å²) in [6, 6.07) is 4.46. The minimum absolute atomic E-state index is 0.318. The van der Waals surface area contributed by atoms with Crippen LogP contribution in [-0.2, 0) is 9.53 Å². The third kappa shape index (κ3) is 6.30. The van der Waals surface area contributed by atoms with Gasteiger partial charge in [-0.2, -0.15) is 0 Å². The van der Waals surface area contributed by atoms with Crippen LogP contribution in [0.4, 0.5) is 11.5 Å². The molecule has 0 saturated carbocycles. The van der Waals surface area contributed by atoms with Crippen LogP contribution in [0.5, 0.6) is 0 Å². The van der Waals surface area contributed by atoms with Gasteiger partial charge in [-0.3, -0.25) is 4.79 Å². The number of nitrogens with one attached hydrogen (secondary N) is 1. The van der Waals surface area contributed by atoms with E-state index in [0.29, 0.717) is 12.5 Å². The van der Waals surface area contributed by atoms with E-state index < -0.39 is 0 Å². The van der Waals surface area contributed by atoms with Gasteiger partial charge in [0.2, 0.25) is 0 Å². The number of aromatic nitrogens is 1. The molecule has 1 aromatic rings. The number of ether oxygens (including phenoxy) is 1. The first-order chi connectivity index (χ1) is 10.2. The minimum Gasteiger partial charge on any atom is -0.462 e. The zero-order valence-electron chi connectivity index (χ0n) is 14.2. The summed E-state index contributed by atoms with van der Waals surface area (Å²) in [4.78, 5) is 16.4. The number of carbonyl (C=O) groups is 1. The Balaban J connectivity index is 0.000000295. The van der Waals surface area contributed by atoms with Crippen molar-refractivity contribution in [2.45, 2.75) is 46.3 Å². The average Bonchev–Trinajstić information content (AvgIpc) is 2.41. The molecule has 0 bridgehead atoms. The van der Waals surface area contributed by atoms with E-state index in [2.05, 4.69) is 26.9 Å². The predicted molar refractivity (Wildman–Crippen MR) is 90.0 cm³/mol. The number of aryl methyl sites for hydroxylation is 1. The Morgan fingerprint density at radius 3 is 2.59 bits per heavy atom. The lowest BCUT2D eigenvalue weighted by atomic mass is 10.2. The van der Waals surface area contributed by atoms with E-state index in [9.17, 15) is 4.79 Å². The summed E-state index contributed by atoms with van der Waals surface area (Å²) in [5.41, 5.74) is 7.12. The monoisotopic (exact) mass is 308 g/mol. The Morgan fingerprint density at radius 1 is 1.45 bits per heavy atom. The van der Waals surface area contributed by atoms with E-state index in [1.54, 1.807) is 0 Å². The summed E-state index contributed by atoms with van der Waals surface area (Å²) < 4.78 is 4.55. The maximum absolute atomic E-state index is 9.60. The van der Waals surface area contributed by atoms with Crippen molar-refractivity contribution in [2.24, 2.45) is 0 Å². The lowest BCUT2D eigenvalue weighted by Gasteiger charge is -2.32. The van der Waals surface area contributed by atoms with Gasteiger partial charge in [0.05, 0.1) is 11.4 Å². The Bertz CT molecular complexity index is 486. The molecule has 0 radical (unpaired) electrons. The second kappa shape index (κ2) is 7.98. The van der Waals surface area contributed by atoms with Crippen LogP contribution in [0, 0.1) is 6.92 Å². The summed E-state index contributed by atoms with van der Waals surface area (Å²) in [6.45, 7) is 13.1. The van der Waals surface area contributed by atoms with Crippen LogP contribution in [-0.4, -0.2) is 42.7 Å². The van der Waals surface area contributed by atoms with Crippen molar-refractivity contribution in [3.8, 4) is 0 Å². The van der Waals surface area contributed by atoms with Gasteiger partial charge in [0.25, 0.3) is 6.47 Å². The van der Waals surface area contributed by atoms with Gasteiger partial charge in [0.15, 0.2) is 0 Å². The maximum Gasteiger partial charge on any atom is 0.293 e. The van der Waals surface area contributed by atoms with Crippen molar-refractivity contribution in [1.29, 1.82) is 0 Å². The van der Waals surface area contributed by atoms with Crippen molar-refractivity contribution in [2.75, 3.05) is 30.3 Å². The summed E-state index contributed by atoms with van der Waals surface area (Å²) in [6.07, 6.45) is 0. The van der Waals surface area contributed by atoms with Crippen molar-refractivity contribution < 1.29 is 9.53 Å². The second-order valence-electron chi connectivity index (χ2n) is 6.47. The Hall–Kier alpha value is -1.82. The number of hydrogen-bond acceptors (Lipinski definition) is 6. The molecule has 0 amide bonds. The van der Waals surface area contributed by atoms with Gasteiger partial charge in [0, 0.05) is 25.7 Å². The zero-order chi connectivity index (χ0) is 16.8. The molecule has 1 fully saturated rings. The largest absolute Gasteiger partial charge is 0.462 e. The van der Waals surface area contributed by atoms with Crippen LogP contribution in [0.15, 0.2) is 12.1 Å². The first-order valence-electron chi connectivity index (χ1n) is 7.56. The van der Waals surface area contributed by atoms with E-state index >= 15 is 0 Å². The van der Waals surface area contributed by atoms with Crippen molar-refractivity contribution in [3.05, 3.63) is 17.8 Å². The number of rotatable bonds is 2. The molecule has 1 saturated heterocycles. The Morgan fingerprint density at radius 2 is 2.14 bits per heavy atom. The fraction of sp³-hybridized carbons (Fsp3) is 0.625. The molecule has 1 aromatic heterocycles. The molecular formula is C16H28N4O2. The highest BCUT2D eigenvalue weighted by Crippen LogP contribution is 2.17. The number of pyridine rings is 1. The van der Waals surface area contributed by atoms with Gasteiger partial charge < -0.3 is 20.7 Å². The highest BCUT2D eigenvalue weighted by molar-refractivity contribution is 5.50. The van der Waals surface area contributed by atoms with Crippen LogP contribution in [0.1, 0.15) is 33.4 Å². The van der Waals surface area contributed by atoms with Crippen LogP contribution in [0.2, 0.25) is 0 Å². The molecule has 0 aliphatic carbocycles. The van der Waals surface area contributed by atoms with Crippen LogP contribution >= 0.6 is 0 Å². The number of hydrogen-bond donors (Lipinski definition) is 2. The highest BCUT2D eigenvalue weighted by Gasteiger charge is 2.16. The van der Waals surface area contributed by atoms with Crippen molar-refractivity contribution in [3.63, 3.8) is 0 Å². The lowest BCUT2D eigenvalue weighted by molar-refractivity contribution is -0.138. The van der Waals surface area contributed by atoms with Crippen LogP contribution in [0.3, 0.4) is 0 Å². The number of carbonyl (C=O) groups excluding carboxylic acids is 1. The average molecular weight is 308 g/mol. The minimum atomic E-state index is -0.318. The third-order valence-corrected chi connectivity index (χ3v) is 3.21. The van der Waals surface area contributed by atoms with Crippen LogP contribution < -0.4 is 16.0 Å². The van der Waals surface area contributed by atoms with E-state index in [1.165, 1.54) is 0 Å². The van der Waals surface area contributed by atoms with Gasteiger partial charge >= 0.3 is 0 Å². The summed E-state index contributed by atoms with van der Waals surface area (Å²) in [5.74, 6) is 1.04. The van der Waals surface area contributed by atoms with Gasteiger partial charge in [0.1, 0.15) is 11.4 Å². The van der Waals surface area contributed by atoms with E-state index in [1.807, 2.05) is 39.8 Å². The first kappa shape index (κ1) is 18.2. The molecular weight excluding hydrogens is 280 g/mol. The van der Waals surface area contributed by atoms with Crippen LogP contribution in [0.25, 0.3) is 0 Å². The summed E-state index contributed by atoms with van der Waals surface area (Å²) >= 11 is 0. The Labute approximate surface area is 133 Å². The zero-order valence-corrected chi connectivity index (χ0v) is 14.2. The summed E-state index contributed by atoms with van der Waals surface area (Å²) in [7, 11) is 0. The number of nitrogens with two attached hydrogens (primary N) is 1. The third-order valence-electron chi connectivity index (χ3n) is 3.21. The van der Waals surface area contributed by atoms with Gasteiger partial charge in [-0.15, -0.1) is 0 Å². The molecule has 6 nitrogen and oxygen atoms in total. The molecule has 0 unspecified atom stereocenters.